The van der Waals surface area contributed by atoms with Crippen LogP contribution in [0.4, 0.5) is 0 Å². The molecule has 0 aliphatic carbocycles. The van der Waals surface area contributed by atoms with Crippen molar-refractivity contribution in [3.05, 3.63) is 5.64 Å². The number of hydrogen-bond donors (Lipinski definition) is 1. The van der Waals surface area contributed by atoms with Gasteiger partial charge in [-0.2, -0.15) is 0 Å². The molecule has 0 aromatic heterocycles. The maximum Gasteiger partial charge on any atom is 0.216 e. The Kier molecular flexibility index (Phi) is 75.3. The van der Waals surface area contributed by atoms with Crippen molar-refractivity contribution >= 4 is 0 Å². The normalized spacial score (nSPS) is 11.3. The third kappa shape index (κ3) is 73.8. The summed E-state index contributed by atoms with van der Waals surface area (Å²) in [6.07, 6.45) is -0.00566. The summed E-state index contributed by atoms with van der Waals surface area (Å²) in [6.45, 7) is 23.2. The van der Waals surface area contributed by atoms with Gasteiger partial charge in [-0.15, -0.1) is 0 Å². The topological polar surface area (TPSA) is 282 Å². The van der Waals surface area contributed by atoms with E-state index in [9.17, 15) is 0 Å². The molecule has 0 saturated heterocycles. The van der Waals surface area contributed by atoms with Gasteiger partial charge in [-0.05, 0) is 13.8 Å². The fourth-order valence-corrected chi connectivity index (χ4v) is 4.52. The molecule has 0 fully saturated rings. The molecule has 27 heteroatoms. The summed E-state index contributed by atoms with van der Waals surface area (Å²) in [6, 6.07) is 0. The predicted molar refractivity (Wildman–Crippen MR) is 254 cm³/mol. The molecule has 0 atom stereocenters. The van der Waals surface area contributed by atoms with E-state index in [1.54, 1.807) is 7.05 Å². The van der Waals surface area contributed by atoms with Gasteiger partial charge in [0.25, 0.3) is 0 Å². The van der Waals surface area contributed by atoms with Gasteiger partial charge in [0.05, 0.1) is 258 Å². The average Bonchev–Trinajstić information content (AvgIpc) is 3.35. The van der Waals surface area contributed by atoms with Crippen LogP contribution in [0.3, 0.4) is 0 Å². The molecule has 0 spiro atoms. The zero-order valence-corrected chi connectivity index (χ0v) is 46.3. The van der Waals surface area contributed by atoms with Crippen molar-refractivity contribution in [3.63, 3.8) is 0 Å². The van der Waals surface area contributed by atoms with Crippen LogP contribution in [0.1, 0.15) is 13.8 Å². The van der Waals surface area contributed by atoms with Crippen molar-refractivity contribution in [2.24, 2.45) is 10.2 Å². The van der Waals surface area contributed by atoms with E-state index in [0.29, 0.717) is 264 Å². The van der Waals surface area contributed by atoms with Gasteiger partial charge in [0, 0.05) is 38.8 Å². The van der Waals surface area contributed by atoms with Gasteiger partial charge >= 0.3 is 0 Å². The van der Waals surface area contributed by atoms with Gasteiger partial charge in [0.15, 0.2) is 0 Å². The van der Waals surface area contributed by atoms with Gasteiger partial charge in [-0.1, -0.05) is 0 Å². The predicted octanol–water partition coefficient (Wildman–Crippen LogP) is 1.71. The zero-order valence-electron chi connectivity index (χ0n) is 43.5. The minimum atomic E-state index is -0.00566. The Morgan fingerprint density at radius 3 is 0.634 bits per heavy atom. The van der Waals surface area contributed by atoms with Crippen molar-refractivity contribution in [1.29, 1.82) is 0 Å². The Hall–Kier alpha value is -0.506. The molecular weight excluding hydrogens is 1020 g/mol. The maximum atomic E-state index is 5.51. The number of rotatable bonds is 63. The van der Waals surface area contributed by atoms with Crippen LogP contribution in [-0.2, 0) is 132 Å². The smallest absolute Gasteiger partial charge is 0.216 e. The van der Waals surface area contributed by atoms with Crippen molar-refractivity contribution in [1.82, 2.24) is 11.1 Å². The molecule has 0 rings (SSSR count). The Balaban J connectivity index is -0.0000231. The molecule has 0 heterocycles. The average molecular weight is 1120 g/mol. The largest absolute Gasteiger partial charge is 0.460 e. The minimum Gasteiger partial charge on any atom is -0.460 e. The van der Waals surface area contributed by atoms with Crippen LogP contribution < -0.4 is 11.1 Å². The van der Waals surface area contributed by atoms with Gasteiger partial charge < -0.3 is 111 Å². The van der Waals surface area contributed by atoms with Crippen LogP contribution in [0.5, 0.6) is 0 Å². The molecule has 0 aromatic rings. The van der Waals surface area contributed by atoms with E-state index < -0.39 is 0 Å². The molecule has 1 radical (unpaired) electrons. The van der Waals surface area contributed by atoms with E-state index in [4.69, 9.17) is 99.7 Å². The van der Waals surface area contributed by atoms with Crippen LogP contribution in [0.25, 0.3) is 5.64 Å². The monoisotopic (exact) mass is 1120 g/mol. The Morgan fingerprint density at radius 2 is 0.465 bits per heavy atom. The van der Waals surface area contributed by atoms with Crippen molar-refractivity contribution in [2.45, 2.75) is 20.0 Å². The molecule has 26 nitrogen and oxygen atoms in total. The standard InChI is InChI=1S/C44H90N4O21.H3N.Y/c1-44(2)69-48-68-43-42-67-41-40-66-39-38-65-37-36-64-35-34-63-33-32-62-31-30-61-29-28-60-27-26-59-25-24-58-23-22-57-21-20-56-19-18-55-17-16-54-15-14-53-13-12-52-11-10-51-9-8-50-7-6-49-5-4-46-47-45-3;;/h44H,4-43H2,1-3H3;1H3;. The Morgan fingerprint density at radius 1 is 0.296 bits per heavy atom. The molecule has 0 aromatic carbocycles. The van der Waals surface area contributed by atoms with Gasteiger partial charge in [0.2, 0.25) is 4.91 Å². The van der Waals surface area contributed by atoms with Crippen LogP contribution >= 0.6 is 0 Å². The first-order valence-corrected chi connectivity index (χ1v) is 24.2. The van der Waals surface area contributed by atoms with E-state index in [1.165, 1.54) is 0 Å². The van der Waals surface area contributed by atoms with Crippen molar-refractivity contribution < 1.29 is 132 Å². The first-order chi connectivity index (χ1) is 34.3. The Bertz CT molecular complexity index is 1010. The quantitative estimate of drug-likeness (QED) is 0.0393. The van der Waals surface area contributed by atoms with E-state index in [2.05, 4.69) is 20.8 Å². The van der Waals surface area contributed by atoms with Crippen molar-refractivity contribution in [2.75, 3.05) is 271 Å². The second-order valence-corrected chi connectivity index (χ2v) is 13.9. The van der Waals surface area contributed by atoms with E-state index in [0.717, 1.165) is 0 Å². The summed E-state index contributed by atoms with van der Waals surface area (Å²) >= 11 is 0. The molecule has 423 valence electrons. The summed E-state index contributed by atoms with van der Waals surface area (Å²) in [5.74, 6) is 0. The van der Waals surface area contributed by atoms with E-state index in [1.807, 2.05) is 13.8 Å². The van der Waals surface area contributed by atoms with E-state index >= 15 is 0 Å². The maximum absolute atomic E-state index is 5.51. The summed E-state index contributed by atoms with van der Waals surface area (Å²) in [7, 11) is 1.57. The molecule has 0 aliphatic heterocycles. The second-order valence-electron chi connectivity index (χ2n) is 13.9. The van der Waals surface area contributed by atoms with Crippen molar-refractivity contribution in [3.8, 4) is 0 Å². The Labute approximate surface area is 448 Å². The first-order valence-electron chi connectivity index (χ1n) is 24.2. The fourth-order valence-electron chi connectivity index (χ4n) is 4.52. The molecule has 0 saturated carbocycles. The van der Waals surface area contributed by atoms with Crippen LogP contribution in [0.15, 0.2) is 10.2 Å². The third-order valence-electron chi connectivity index (χ3n) is 7.81. The summed E-state index contributed by atoms with van der Waals surface area (Å²) in [4.78, 5) is 13.3. The van der Waals surface area contributed by atoms with Gasteiger partial charge in [-0.3, -0.25) is 0 Å². The summed E-state index contributed by atoms with van der Waals surface area (Å²) in [5.41, 5.74) is 3.46. The molecule has 0 unspecified atom stereocenters. The molecule has 3 N–H and O–H groups in total. The molecule has 0 aliphatic rings. The van der Waals surface area contributed by atoms with Crippen LogP contribution in [-0.4, -0.2) is 277 Å². The molecular formula is C44H93N5O21Y. The first kappa shape index (κ1) is 74.7. The fraction of sp³-hybridized carbons (Fsp3) is 1.00. The molecule has 0 amide bonds. The number of nitrogens with zero attached hydrogens (tertiary/aromatic N) is 4. The van der Waals surface area contributed by atoms with Crippen LogP contribution in [0.2, 0.25) is 0 Å². The SMILES string of the molecule is CN=[N+]=NCCOCCOCCOCCOCCOCCOCCOCCOCCOCCOCCOCCOCCOCCOCCOCCOCCOCCOCCOCCO[N-]OC(C)C.N.[Y]. The van der Waals surface area contributed by atoms with Gasteiger partial charge in [-0.25, -0.2) is 0 Å². The minimum absolute atomic E-state index is 0. The third-order valence-corrected chi connectivity index (χ3v) is 7.81. The van der Waals surface area contributed by atoms with E-state index in [-0.39, 0.29) is 45.0 Å². The zero-order chi connectivity index (χ0) is 49.5. The van der Waals surface area contributed by atoms with Crippen LogP contribution in [0, 0.1) is 0 Å². The second kappa shape index (κ2) is 71.6. The number of ether oxygens (including phenoxy) is 19. The summed E-state index contributed by atoms with van der Waals surface area (Å²) in [5, 5.41) is 7.29. The summed E-state index contributed by atoms with van der Waals surface area (Å²) < 4.78 is 104. The van der Waals surface area contributed by atoms with Gasteiger partial charge in [0.1, 0.15) is 23.8 Å². The molecule has 0 bridgehead atoms. The number of hydrogen-bond acceptors (Lipinski definition) is 24. The molecule has 71 heavy (non-hydrogen) atoms.